The van der Waals surface area contributed by atoms with Crippen LogP contribution in [0.15, 0.2) is 48.6 Å². The van der Waals surface area contributed by atoms with Crippen molar-refractivity contribution in [1.82, 2.24) is 14.5 Å². The Labute approximate surface area is 210 Å². The Morgan fingerprint density at radius 1 is 1.14 bits per heavy atom. The normalized spacial score (nSPS) is 17.0. The van der Waals surface area contributed by atoms with E-state index in [1.54, 1.807) is 18.2 Å². The van der Waals surface area contributed by atoms with Crippen LogP contribution in [0.3, 0.4) is 0 Å². The van der Waals surface area contributed by atoms with Crippen LogP contribution in [0, 0.1) is 12.3 Å². The van der Waals surface area contributed by atoms with Crippen molar-refractivity contribution in [2.24, 2.45) is 5.41 Å². The number of aromatic nitrogens is 3. The molecule has 3 aromatic rings. The fraction of sp³-hybridized carbons (Fsp3) is 0.357. The van der Waals surface area contributed by atoms with Gasteiger partial charge in [0.1, 0.15) is 29.1 Å². The van der Waals surface area contributed by atoms with Gasteiger partial charge in [-0.1, -0.05) is 56.7 Å². The van der Waals surface area contributed by atoms with Gasteiger partial charge in [0.25, 0.3) is 0 Å². The topological polar surface area (TPSA) is 115 Å². The fourth-order valence-electron chi connectivity index (χ4n) is 4.55. The summed E-state index contributed by atoms with van der Waals surface area (Å²) in [6, 6.07) is 7.47. The number of hydrogen-bond donors (Lipinski definition) is 2. The molecule has 0 spiro atoms. The van der Waals surface area contributed by atoms with Crippen molar-refractivity contribution >= 4 is 23.1 Å². The van der Waals surface area contributed by atoms with Gasteiger partial charge >= 0.3 is 11.9 Å². The quantitative estimate of drug-likeness (QED) is 0.413. The zero-order valence-corrected chi connectivity index (χ0v) is 20.8. The summed E-state index contributed by atoms with van der Waals surface area (Å²) in [5.41, 5.74) is 2.98. The van der Waals surface area contributed by atoms with E-state index in [-0.39, 0.29) is 12.3 Å². The Morgan fingerprint density at radius 3 is 2.58 bits per heavy atom. The van der Waals surface area contributed by atoms with E-state index in [1.807, 2.05) is 42.7 Å². The summed E-state index contributed by atoms with van der Waals surface area (Å²) in [5.74, 6) is -0.460. The van der Waals surface area contributed by atoms with Gasteiger partial charge in [-0.2, -0.15) is 0 Å². The van der Waals surface area contributed by atoms with E-state index in [2.05, 4.69) is 18.0 Å². The van der Waals surface area contributed by atoms with E-state index in [4.69, 9.17) is 9.72 Å². The third kappa shape index (κ3) is 4.89. The van der Waals surface area contributed by atoms with Crippen LogP contribution >= 0.6 is 0 Å². The second kappa shape index (κ2) is 10.4. The minimum atomic E-state index is -1.08. The van der Waals surface area contributed by atoms with E-state index in [0.717, 1.165) is 35.4 Å². The maximum Gasteiger partial charge on any atom is 0.354 e. The molecule has 188 valence electrons. The van der Waals surface area contributed by atoms with Crippen LogP contribution in [0.25, 0.3) is 11.2 Å². The lowest BCUT2D eigenvalue weighted by Gasteiger charge is -2.27. The number of carbonyl (C=O) groups is 2. The molecule has 0 radical (unpaired) electrons. The van der Waals surface area contributed by atoms with Gasteiger partial charge in [-0.3, -0.25) is 4.79 Å². The van der Waals surface area contributed by atoms with E-state index in [1.165, 1.54) is 0 Å². The van der Waals surface area contributed by atoms with Crippen LogP contribution in [0.2, 0.25) is 0 Å². The van der Waals surface area contributed by atoms with Gasteiger partial charge in [0.2, 0.25) is 0 Å². The molecule has 0 fully saturated rings. The van der Waals surface area contributed by atoms with Crippen LogP contribution < -0.4 is 4.74 Å². The van der Waals surface area contributed by atoms with Gasteiger partial charge in [-0.05, 0) is 48.6 Å². The van der Waals surface area contributed by atoms with Crippen LogP contribution in [-0.2, 0) is 24.2 Å². The molecule has 0 saturated carbocycles. The van der Waals surface area contributed by atoms with E-state index < -0.39 is 17.4 Å². The van der Waals surface area contributed by atoms with Crippen LogP contribution in [0.4, 0.5) is 0 Å². The highest BCUT2D eigenvalue weighted by atomic mass is 16.5. The summed E-state index contributed by atoms with van der Waals surface area (Å²) in [5, 5.41) is 19.3. The number of fused-ring (bicyclic) bond motifs is 1. The molecule has 36 heavy (non-hydrogen) atoms. The number of carboxylic acid groups (broad SMARTS) is 2. The Balaban J connectivity index is 1.66. The number of ether oxygens (including phenoxy) is 1. The molecule has 1 aliphatic carbocycles. The first kappa shape index (κ1) is 25.2. The average Bonchev–Trinajstić information content (AvgIpc) is 3.22. The smallest absolute Gasteiger partial charge is 0.354 e. The number of aliphatic carboxylic acids is 1. The van der Waals surface area contributed by atoms with Crippen molar-refractivity contribution < 1.29 is 24.5 Å². The standard InChI is InChI=1S/C28H31N3O5/c1-4-9-20-15-19(10-11-22(20)36-17-28(27(34)35)12-7-6-8-13-28)16-31-23(5-2)30-24-18(3)14-21(26(32)33)29-25(24)31/h6-8,10-12,14-15H,4-5,9,13,16-17H2,1-3H3,(H,32,33)(H,34,35). The molecule has 8 nitrogen and oxygen atoms in total. The number of imidazole rings is 1. The van der Waals surface area contributed by atoms with Gasteiger partial charge in [-0.25, -0.2) is 14.8 Å². The highest BCUT2D eigenvalue weighted by Crippen LogP contribution is 2.31. The summed E-state index contributed by atoms with van der Waals surface area (Å²) >= 11 is 0. The molecular weight excluding hydrogens is 458 g/mol. The highest BCUT2D eigenvalue weighted by Gasteiger charge is 2.37. The molecule has 1 aliphatic rings. The number of benzene rings is 1. The lowest BCUT2D eigenvalue weighted by Crippen LogP contribution is -2.35. The van der Waals surface area contributed by atoms with E-state index in [9.17, 15) is 19.8 Å². The van der Waals surface area contributed by atoms with Gasteiger partial charge in [0.05, 0.1) is 6.54 Å². The molecule has 2 N–H and O–H groups in total. The Morgan fingerprint density at radius 2 is 1.94 bits per heavy atom. The average molecular weight is 490 g/mol. The molecule has 4 rings (SSSR count). The second-order valence-corrected chi connectivity index (χ2v) is 9.20. The predicted molar refractivity (Wildman–Crippen MR) is 137 cm³/mol. The van der Waals surface area contributed by atoms with Crippen LogP contribution in [-0.4, -0.2) is 43.3 Å². The molecule has 1 atom stereocenters. The zero-order chi connectivity index (χ0) is 25.9. The van der Waals surface area contributed by atoms with Crippen molar-refractivity contribution in [2.45, 2.75) is 53.0 Å². The van der Waals surface area contributed by atoms with Crippen molar-refractivity contribution in [3.63, 3.8) is 0 Å². The molecule has 2 aromatic heterocycles. The first-order chi connectivity index (χ1) is 17.3. The molecule has 8 heteroatoms. The number of rotatable bonds is 10. The maximum atomic E-state index is 12.0. The number of hydrogen-bond acceptors (Lipinski definition) is 5. The first-order valence-electron chi connectivity index (χ1n) is 12.2. The number of allylic oxidation sites excluding steroid dienone is 3. The highest BCUT2D eigenvalue weighted by molar-refractivity contribution is 5.89. The van der Waals surface area contributed by atoms with Crippen molar-refractivity contribution in [3.05, 3.63) is 76.8 Å². The summed E-state index contributed by atoms with van der Waals surface area (Å²) in [6.07, 6.45) is 9.90. The number of aromatic carboxylic acids is 1. The first-order valence-corrected chi connectivity index (χ1v) is 12.2. The maximum absolute atomic E-state index is 12.0. The number of nitrogens with zero attached hydrogens (tertiary/aromatic N) is 3. The zero-order valence-electron chi connectivity index (χ0n) is 20.8. The van der Waals surface area contributed by atoms with Crippen molar-refractivity contribution in [3.8, 4) is 5.75 Å². The molecular formula is C28H31N3O5. The molecule has 2 heterocycles. The third-order valence-electron chi connectivity index (χ3n) is 6.55. The SMILES string of the molecule is CCCc1cc(Cn2c(CC)nc3c(C)cc(C(=O)O)nc32)ccc1OCC1(C(=O)O)C=CC=CC1. The summed E-state index contributed by atoms with van der Waals surface area (Å²) in [4.78, 5) is 32.7. The molecule has 1 aromatic carbocycles. The summed E-state index contributed by atoms with van der Waals surface area (Å²) in [7, 11) is 0. The Kier molecular flexibility index (Phi) is 7.24. The largest absolute Gasteiger partial charge is 0.492 e. The molecule has 0 saturated heterocycles. The van der Waals surface area contributed by atoms with Gasteiger partial charge < -0.3 is 19.5 Å². The lowest BCUT2D eigenvalue weighted by atomic mass is 9.82. The number of carboxylic acids is 2. The molecule has 0 bridgehead atoms. The Hall–Kier alpha value is -3.94. The Bertz CT molecular complexity index is 1370. The van der Waals surface area contributed by atoms with Crippen LogP contribution in [0.5, 0.6) is 5.75 Å². The van der Waals surface area contributed by atoms with E-state index in [0.29, 0.717) is 36.3 Å². The van der Waals surface area contributed by atoms with Crippen molar-refractivity contribution in [1.29, 1.82) is 0 Å². The monoisotopic (exact) mass is 489 g/mol. The minimum Gasteiger partial charge on any atom is -0.492 e. The second-order valence-electron chi connectivity index (χ2n) is 9.20. The van der Waals surface area contributed by atoms with Gasteiger partial charge in [0, 0.05) is 6.42 Å². The van der Waals surface area contributed by atoms with Gasteiger partial charge in [0.15, 0.2) is 11.3 Å². The lowest BCUT2D eigenvalue weighted by molar-refractivity contribution is -0.147. The summed E-state index contributed by atoms with van der Waals surface area (Å²) < 4.78 is 8.07. The molecule has 0 amide bonds. The molecule has 0 aliphatic heterocycles. The third-order valence-corrected chi connectivity index (χ3v) is 6.55. The minimum absolute atomic E-state index is 0.00168. The fourth-order valence-corrected chi connectivity index (χ4v) is 4.55. The van der Waals surface area contributed by atoms with Gasteiger partial charge in [-0.15, -0.1) is 0 Å². The number of pyridine rings is 1. The van der Waals surface area contributed by atoms with Crippen LogP contribution in [0.1, 0.15) is 59.7 Å². The predicted octanol–water partition coefficient (Wildman–Crippen LogP) is 4.97. The molecule has 1 unspecified atom stereocenters. The summed E-state index contributed by atoms with van der Waals surface area (Å²) in [6.45, 7) is 6.48. The van der Waals surface area contributed by atoms with Crippen molar-refractivity contribution in [2.75, 3.05) is 6.61 Å². The van der Waals surface area contributed by atoms with E-state index >= 15 is 0 Å². The number of aryl methyl sites for hydroxylation is 3.